The maximum Gasteiger partial charge on any atom is 0.235 e. The van der Waals surface area contributed by atoms with Crippen molar-refractivity contribution in [1.29, 1.82) is 0 Å². The fourth-order valence-corrected chi connectivity index (χ4v) is 4.05. The van der Waals surface area contributed by atoms with Gasteiger partial charge >= 0.3 is 0 Å². The van der Waals surface area contributed by atoms with Crippen molar-refractivity contribution in [3.05, 3.63) is 84.1 Å². The fraction of sp³-hybridized carbons (Fsp3) is 0.136. The summed E-state index contributed by atoms with van der Waals surface area (Å²) in [5, 5.41) is 8.36. The quantitative estimate of drug-likeness (QED) is 0.417. The van der Waals surface area contributed by atoms with Crippen LogP contribution < -0.4 is 10.5 Å². The second-order valence-corrected chi connectivity index (χ2v) is 7.72. The van der Waals surface area contributed by atoms with Crippen LogP contribution in [0, 0.1) is 5.82 Å². The number of thioether (sulfide) groups is 1. The molecular formula is C22H19FN4O3S. The Morgan fingerprint density at radius 3 is 2.52 bits per heavy atom. The third-order valence-corrected chi connectivity index (χ3v) is 5.87. The Morgan fingerprint density at radius 2 is 1.90 bits per heavy atom. The molecule has 0 aliphatic rings. The van der Waals surface area contributed by atoms with E-state index in [-0.39, 0.29) is 5.82 Å². The molecule has 0 spiro atoms. The van der Waals surface area contributed by atoms with E-state index in [1.807, 2.05) is 34.9 Å². The number of amides is 1. The van der Waals surface area contributed by atoms with Gasteiger partial charge in [-0.3, -0.25) is 9.36 Å². The van der Waals surface area contributed by atoms with Crippen LogP contribution in [0.4, 0.5) is 4.39 Å². The molecular weight excluding hydrogens is 419 g/mol. The number of benzene rings is 2. The maximum atomic E-state index is 13.3. The van der Waals surface area contributed by atoms with Crippen molar-refractivity contribution in [2.75, 3.05) is 7.11 Å². The second-order valence-electron chi connectivity index (χ2n) is 6.65. The third-order valence-electron chi connectivity index (χ3n) is 4.61. The van der Waals surface area contributed by atoms with E-state index in [0.29, 0.717) is 28.8 Å². The number of hydrogen-bond acceptors (Lipinski definition) is 6. The predicted molar refractivity (Wildman–Crippen MR) is 114 cm³/mol. The van der Waals surface area contributed by atoms with Crippen molar-refractivity contribution in [2.45, 2.75) is 17.0 Å². The molecule has 0 saturated carbocycles. The Hall–Kier alpha value is -3.59. The van der Waals surface area contributed by atoms with Gasteiger partial charge in [-0.25, -0.2) is 4.39 Å². The highest BCUT2D eigenvalue weighted by molar-refractivity contribution is 8.00. The van der Waals surface area contributed by atoms with Crippen molar-refractivity contribution in [3.63, 3.8) is 0 Å². The molecule has 2 aromatic heterocycles. The van der Waals surface area contributed by atoms with Gasteiger partial charge in [-0.1, -0.05) is 23.9 Å². The first kappa shape index (κ1) is 20.7. The number of primary amides is 1. The summed E-state index contributed by atoms with van der Waals surface area (Å²) in [7, 11) is 1.60. The lowest BCUT2D eigenvalue weighted by molar-refractivity contribution is -0.117. The van der Waals surface area contributed by atoms with E-state index in [1.54, 1.807) is 19.4 Å². The average Bonchev–Trinajstić information content (AvgIpc) is 3.43. The summed E-state index contributed by atoms with van der Waals surface area (Å²) in [6, 6.07) is 16.7. The molecule has 2 N–H and O–H groups in total. The van der Waals surface area contributed by atoms with Gasteiger partial charge in [0.25, 0.3) is 0 Å². The lowest BCUT2D eigenvalue weighted by atomic mass is 10.1. The molecule has 0 radical (unpaired) electrons. The molecule has 0 aliphatic heterocycles. The van der Waals surface area contributed by atoms with Gasteiger partial charge in [-0.15, -0.1) is 10.2 Å². The minimum absolute atomic E-state index is 0.360. The first-order valence-corrected chi connectivity index (χ1v) is 10.2. The third kappa shape index (κ3) is 4.61. The van der Waals surface area contributed by atoms with Crippen molar-refractivity contribution in [1.82, 2.24) is 14.8 Å². The number of nitrogens with two attached hydrogens (primary N) is 1. The highest BCUT2D eigenvalue weighted by atomic mass is 32.2. The fourth-order valence-electron chi connectivity index (χ4n) is 3.06. The number of carbonyl (C=O) groups excluding carboxylic acids is 1. The zero-order valence-electron chi connectivity index (χ0n) is 16.6. The Balaban J connectivity index is 1.72. The van der Waals surface area contributed by atoms with E-state index >= 15 is 0 Å². The SMILES string of the molecule is COc1ccc(-c2nnc(SC(C(N)=O)c3ccc(F)cc3)n2Cc2ccco2)cc1. The van der Waals surface area contributed by atoms with Crippen molar-refractivity contribution in [3.8, 4) is 17.1 Å². The Bertz CT molecular complexity index is 1160. The van der Waals surface area contributed by atoms with E-state index in [1.165, 1.54) is 24.3 Å². The van der Waals surface area contributed by atoms with Gasteiger partial charge in [-0.2, -0.15) is 0 Å². The lowest BCUT2D eigenvalue weighted by Gasteiger charge is -2.14. The minimum atomic E-state index is -0.760. The van der Waals surface area contributed by atoms with Crippen molar-refractivity contribution < 1.29 is 18.3 Å². The van der Waals surface area contributed by atoms with Gasteiger partial charge in [0.1, 0.15) is 22.6 Å². The van der Waals surface area contributed by atoms with Crippen LogP contribution in [0.5, 0.6) is 5.75 Å². The van der Waals surface area contributed by atoms with Crippen LogP contribution in [-0.2, 0) is 11.3 Å². The van der Waals surface area contributed by atoms with E-state index in [0.717, 1.165) is 23.1 Å². The van der Waals surface area contributed by atoms with Gasteiger partial charge in [0, 0.05) is 5.56 Å². The van der Waals surface area contributed by atoms with Gasteiger partial charge in [0.05, 0.1) is 19.9 Å². The van der Waals surface area contributed by atoms with Crippen LogP contribution in [0.25, 0.3) is 11.4 Å². The molecule has 1 unspecified atom stereocenters. The van der Waals surface area contributed by atoms with Crippen molar-refractivity contribution in [2.24, 2.45) is 5.73 Å². The maximum absolute atomic E-state index is 13.3. The number of methoxy groups -OCH3 is 1. The van der Waals surface area contributed by atoms with Gasteiger partial charge in [0.2, 0.25) is 5.91 Å². The number of nitrogens with zero attached hydrogens (tertiary/aromatic N) is 3. The topological polar surface area (TPSA) is 96.2 Å². The van der Waals surface area contributed by atoms with Crippen LogP contribution in [0.2, 0.25) is 0 Å². The largest absolute Gasteiger partial charge is 0.497 e. The minimum Gasteiger partial charge on any atom is -0.497 e. The van der Waals surface area contributed by atoms with E-state index in [2.05, 4.69) is 10.2 Å². The van der Waals surface area contributed by atoms with E-state index in [9.17, 15) is 9.18 Å². The summed E-state index contributed by atoms with van der Waals surface area (Å²) in [6.45, 7) is 0.360. The summed E-state index contributed by atoms with van der Waals surface area (Å²) in [6.07, 6.45) is 1.59. The van der Waals surface area contributed by atoms with Gasteiger partial charge < -0.3 is 14.9 Å². The molecule has 0 fully saturated rings. The lowest BCUT2D eigenvalue weighted by Crippen LogP contribution is -2.19. The summed E-state index contributed by atoms with van der Waals surface area (Å²) >= 11 is 1.15. The average molecular weight is 438 g/mol. The number of carbonyl (C=O) groups is 1. The standard InChI is InChI=1S/C22H19FN4O3S/c1-29-17-10-6-15(7-11-17)21-25-26-22(27(21)13-18-3-2-12-30-18)31-19(20(24)28)14-4-8-16(23)9-5-14/h2-12,19H,13H2,1H3,(H2,24,28). The smallest absolute Gasteiger partial charge is 0.235 e. The van der Waals surface area contributed by atoms with Crippen LogP contribution in [0.1, 0.15) is 16.6 Å². The number of furan rings is 1. The molecule has 9 heteroatoms. The van der Waals surface area contributed by atoms with Gasteiger partial charge in [-0.05, 0) is 54.1 Å². The monoisotopic (exact) mass is 438 g/mol. The highest BCUT2D eigenvalue weighted by Gasteiger charge is 2.25. The van der Waals surface area contributed by atoms with Gasteiger partial charge in [0.15, 0.2) is 11.0 Å². The number of halogens is 1. The molecule has 0 bridgehead atoms. The number of aromatic nitrogens is 3. The molecule has 2 aromatic carbocycles. The van der Waals surface area contributed by atoms with Crippen LogP contribution in [0.3, 0.4) is 0 Å². The molecule has 1 amide bonds. The molecule has 7 nitrogen and oxygen atoms in total. The Morgan fingerprint density at radius 1 is 1.16 bits per heavy atom. The molecule has 0 saturated heterocycles. The Kier molecular flexibility index (Phi) is 6.03. The molecule has 4 aromatic rings. The normalized spacial score (nSPS) is 11.9. The number of rotatable bonds is 8. The number of ether oxygens (including phenoxy) is 1. The van der Waals surface area contributed by atoms with E-state index < -0.39 is 11.2 Å². The van der Waals surface area contributed by atoms with Crippen LogP contribution in [-0.4, -0.2) is 27.8 Å². The molecule has 0 aliphatic carbocycles. The number of hydrogen-bond donors (Lipinski definition) is 1. The summed E-state index contributed by atoms with van der Waals surface area (Å²) in [4.78, 5) is 12.2. The first-order valence-electron chi connectivity index (χ1n) is 9.36. The molecule has 1 atom stereocenters. The second kappa shape index (κ2) is 9.05. The van der Waals surface area contributed by atoms with E-state index in [4.69, 9.17) is 14.9 Å². The van der Waals surface area contributed by atoms with Crippen LogP contribution >= 0.6 is 11.8 Å². The molecule has 158 valence electrons. The zero-order valence-corrected chi connectivity index (χ0v) is 17.4. The molecule has 2 heterocycles. The summed E-state index contributed by atoms with van der Waals surface area (Å²) < 4.78 is 25.9. The highest BCUT2D eigenvalue weighted by Crippen LogP contribution is 2.36. The zero-order chi connectivity index (χ0) is 21.8. The summed E-state index contributed by atoms with van der Waals surface area (Å²) in [5.74, 6) is 1.08. The molecule has 31 heavy (non-hydrogen) atoms. The predicted octanol–water partition coefficient (Wildman–Crippen LogP) is 4.05. The van der Waals surface area contributed by atoms with Crippen molar-refractivity contribution >= 4 is 17.7 Å². The first-order chi connectivity index (χ1) is 15.0. The summed E-state index contributed by atoms with van der Waals surface area (Å²) in [5.41, 5.74) is 7.05. The molecule has 4 rings (SSSR count). The van der Waals surface area contributed by atoms with Crippen LogP contribution in [0.15, 0.2) is 76.5 Å². The Labute approximate surface area is 182 Å².